The Hall–Kier alpha value is -0.120. The van der Waals surface area contributed by atoms with Gasteiger partial charge in [-0.3, -0.25) is 9.80 Å². The maximum absolute atomic E-state index is 6.46. The molecule has 1 heterocycles. The zero-order chi connectivity index (χ0) is 13.1. The summed E-state index contributed by atoms with van der Waals surface area (Å²) in [6.07, 6.45) is 2.42. The summed E-state index contributed by atoms with van der Waals surface area (Å²) in [4.78, 5) is 5.12. The van der Waals surface area contributed by atoms with Crippen LogP contribution in [0.2, 0.25) is 0 Å². The average molecular weight is 241 g/mol. The number of rotatable bonds is 4. The van der Waals surface area contributed by atoms with E-state index >= 15 is 0 Å². The van der Waals surface area contributed by atoms with E-state index in [2.05, 4.69) is 44.4 Å². The molecule has 102 valence electrons. The Morgan fingerprint density at radius 2 is 1.35 bits per heavy atom. The van der Waals surface area contributed by atoms with Gasteiger partial charge in [0.1, 0.15) is 0 Å². The normalized spacial score (nSPS) is 32.1. The van der Waals surface area contributed by atoms with Gasteiger partial charge in [0.2, 0.25) is 0 Å². The van der Waals surface area contributed by atoms with Gasteiger partial charge in [-0.1, -0.05) is 13.8 Å². The molecule has 1 saturated heterocycles. The summed E-state index contributed by atoms with van der Waals surface area (Å²) >= 11 is 0. The van der Waals surface area contributed by atoms with Crippen molar-refractivity contribution in [2.45, 2.75) is 65.1 Å². The summed E-state index contributed by atoms with van der Waals surface area (Å²) < 4.78 is 0. The lowest BCUT2D eigenvalue weighted by molar-refractivity contribution is 0.184. The van der Waals surface area contributed by atoms with Gasteiger partial charge in [-0.2, -0.15) is 0 Å². The highest BCUT2D eigenvalue weighted by molar-refractivity contribution is 4.92. The van der Waals surface area contributed by atoms with E-state index in [9.17, 15) is 0 Å². The zero-order valence-corrected chi connectivity index (χ0v) is 12.4. The first-order chi connectivity index (χ1) is 7.89. The van der Waals surface area contributed by atoms with Gasteiger partial charge in [-0.15, -0.1) is 0 Å². The van der Waals surface area contributed by atoms with E-state index in [1.165, 1.54) is 12.8 Å². The summed E-state index contributed by atoms with van der Waals surface area (Å²) in [6.45, 7) is 15.7. The van der Waals surface area contributed by atoms with Crippen LogP contribution in [0.15, 0.2) is 0 Å². The second-order valence-corrected chi connectivity index (χ2v) is 6.11. The quantitative estimate of drug-likeness (QED) is 0.816. The minimum absolute atomic E-state index is 0.0800. The van der Waals surface area contributed by atoms with Crippen LogP contribution in [0.3, 0.4) is 0 Å². The highest BCUT2D eigenvalue weighted by Crippen LogP contribution is 2.17. The third-order valence-corrected chi connectivity index (χ3v) is 4.23. The van der Waals surface area contributed by atoms with E-state index in [1.807, 2.05) is 0 Å². The Labute approximate surface area is 107 Å². The first kappa shape index (κ1) is 14.9. The molecule has 3 nitrogen and oxygen atoms in total. The smallest absolute Gasteiger partial charge is 0.0384 e. The van der Waals surface area contributed by atoms with E-state index in [4.69, 9.17) is 5.73 Å². The molecule has 0 aromatic carbocycles. The monoisotopic (exact) mass is 241 g/mol. The molecule has 3 heteroatoms. The van der Waals surface area contributed by atoms with Crippen LogP contribution < -0.4 is 5.73 Å². The molecule has 0 aromatic heterocycles. The first-order valence-electron chi connectivity index (χ1n) is 7.16. The fourth-order valence-corrected chi connectivity index (χ4v) is 2.66. The molecule has 0 radical (unpaired) electrons. The molecule has 1 rings (SSSR count). The Balaban J connectivity index is 2.70. The lowest BCUT2D eigenvalue weighted by atomic mass is 10.0. The second kappa shape index (κ2) is 6.17. The van der Waals surface area contributed by atoms with Crippen LogP contribution in [0.4, 0.5) is 0 Å². The Kier molecular flexibility index (Phi) is 5.42. The van der Waals surface area contributed by atoms with Gasteiger partial charge in [0.15, 0.2) is 0 Å². The molecule has 2 N–H and O–H groups in total. The predicted octanol–water partition coefficient (Wildman–Crippen LogP) is 1.92. The average Bonchev–Trinajstić information content (AvgIpc) is 2.45. The lowest BCUT2D eigenvalue weighted by Crippen LogP contribution is -2.53. The molecule has 0 aliphatic carbocycles. The number of nitrogens with zero attached hydrogens (tertiary/aromatic N) is 2. The van der Waals surface area contributed by atoms with Gasteiger partial charge in [0.25, 0.3) is 0 Å². The molecule has 17 heavy (non-hydrogen) atoms. The standard InChI is InChI=1S/C14H31N3/c1-6-12(3)16-8-9-17(13(4)7-2)11-14(5,15)10-16/h12-13H,6-11,15H2,1-5H3. The van der Waals surface area contributed by atoms with Crippen LogP contribution in [0.5, 0.6) is 0 Å². The van der Waals surface area contributed by atoms with Crippen molar-refractivity contribution < 1.29 is 0 Å². The molecule has 0 amide bonds. The van der Waals surface area contributed by atoms with Gasteiger partial charge in [0.05, 0.1) is 0 Å². The molecule has 2 unspecified atom stereocenters. The summed E-state index contributed by atoms with van der Waals surface area (Å²) in [6, 6.07) is 1.30. The first-order valence-corrected chi connectivity index (χ1v) is 7.16. The molecule has 1 fully saturated rings. The Morgan fingerprint density at radius 1 is 1.00 bits per heavy atom. The maximum atomic E-state index is 6.46. The number of hydrogen-bond acceptors (Lipinski definition) is 3. The highest BCUT2D eigenvalue weighted by Gasteiger charge is 2.31. The molecular weight excluding hydrogens is 210 g/mol. The van der Waals surface area contributed by atoms with Crippen LogP contribution in [0, 0.1) is 0 Å². The molecule has 2 atom stereocenters. The van der Waals surface area contributed by atoms with Crippen molar-refractivity contribution in [1.82, 2.24) is 9.80 Å². The molecule has 0 spiro atoms. The lowest BCUT2D eigenvalue weighted by Gasteiger charge is -2.34. The largest absolute Gasteiger partial charge is 0.323 e. The van der Waals surface area contributed by atoms with Crippen molar-refractivity contribution in [2.24, 2.45) is 5.73 Å². The van der Waals surface area contributed by atoms with Gasteiger partial charge < -0.3 is 5.73 Å². The predicted molar refractivity (Wildman–Crippen MR) is 75.2 cm³/mol. The minimum atomic E-state index is -0.0800. The third kappa shape index (κ3) is 4.23. The molecular formula is C14H31N3. The summed E-state index contributed by atoms with van der Waals surface area (Å²) in [5.41, 5.74) is 6.38. The Morgan fingerprint density at radius 3 is 1.65 bits per heavy atom. The van der Waals surface area contributed by atoms with Crippen LogP contribution in [-0.4, -0.2) is 53.6 Å². The van der Waals surface area contributed by atoms with Crippen molar-refractivity contribution in [2.75, 3.05) is 26.2 Å². The molecule has 0 saturated carbocycles. The Bertz CT molecular complexity index is 206. The maximum Gasteiger partial charge on any atom is 0.0384 e. The van der Waals surface area contributed by atoms with Crippen LogP contribution in [0.25, 0.3) is 0 Å². The SMILES string of the molecule is CCC(C)N1CCN(C(C)CC)CC(C)(N)C1. The van der Waals surface area contributed by atoms with Crippen LogP contribution >= 0.6 is 0 Å². The van der Waals surface area contributed by atoms with E-state index in [-0.39, 0.29) is 5.54 Å². The van der Waals surface area contributed by atoms with Crippen molar-refractivity contribution in [3.63, 3.8) is 0 Å². The van der Waals surface area contributed by atoms with Crippen molar-refractivity contribution in [3.8, 4) is 0 Å². The highest BCUT2D eigenvalue weighted by atomic mass is 15.3. The minimum Gasteiger partial charge on any atom is -0.323 e. The topological polar surface area (TPSA) is 32.5 Å². The molecule has 1 aliphatic rings. The van der Waals surface area contributed by atoms with E-state index in [0.29, 0.717) is 12.1 Å². The molecule has 0 bridgehead atoms. The van der Waals surface area contributed by atoms with Gasteiger partial charge >= 0.3 is 0 Å². The van der Waals surface area contributed by atoms with E-state index in [1.54, 1.807) is 0 Å². The van der Waals surface area contributed by atoms with Gasteiger partial charge in [-0.05, 0) is 33.6 Å². The van der Waals surface area contributed by atoms with Crippen molar-refractivity contribution >= 4 is 0 Å². The summed E-state index contributed by atoms with van der Waals surface area (Å²) in [5.74, 6) is 0. The van der Waals surface area contributed by atoms with E-state index < -0.39 is 0 Å². The third-order valence-electron chi connectivity index (χ3n) is 4.23. The van der Waals surface area contributed by atoms with Crippen molar-refractivity contribution in [3.05, 3.63) is 0 Å². The second-order valence-electron chi connectivity index (χ2n) is 6.11. The summed E-state index contributed by atoms with van der Waals surface area (Å²) in [7, 11) is 0. The summed E-state index contributed by atoms with van der Waals surface area (Å²) in [5, 5.41) is 0. The van der Waals surface area contributed by atoms with Crippen molar-refractivity contribution in [1.29, 1.82) is 0 Å². The van der Waals surface area contributed by atoms with Gasteiger partial charge in [0, 0.05) is 43.8 Å². The fourth-order valence-electron chi connectivity index (χ4n) is 2.66. The van der Waals surface area contributed by atoms with Crippen LogP contribution in [0.1, 0.15) is 47.5 Å². The van der Waals surface area contributed by atoms with Crippen LogP contribution in [-0.2, 0) is 0 Å². The number of hydrogen-bond donors (Lipinski definition) is 1. The zero-order valence-electron chi connectivity index (χ0n) is 12.4. The van der Waals surface area contributed by atoms with E-state index in [0.717, 1.165) is 26.2 Å². The number of nitrogens with two attached hydrogens (primary N) is 1. The van der Waals surface area contributed by atoms with Gasteiger partial charge in [-0.25, -0.2) is 0 Å². The molecule has 0 aromatic rings. The molecule has 1 aliphatic heterocycles. The fraction of sp³-hybridized carbons (Fsp3) is 1.00.